The molecule has 1 amide bonds. The average molecular weight is 362 g/mol. The summed E-state index contributed by atoms with van der Waals surface area (Å²) in [5.74, 6) is 1.53. The van der Waals surface area contributed by atoms with Crippen LogP contribution in [0.4, 0.5) is 0 Å². The van der Waals surface area contributed by atoms with E-state index in [2.05, 4.69) is 22.6 Å². The maximum absolute atomic E-state index is 13.1. The number of benzene rings is 1. The van der Waals surface area contributed by atoms with E-state index in [-0.39, 0.29) is 30.3 Å². The molecule has 0 saturated carbocycles. The van der Waals surface area contributed by atoms with E-state index < -0.39 is 0 Å². The molecule has 1 aromatic carbocycles. The Morgan fingerprint density at radius 2 is 2.04 bits per heavy atom. The second-order valence-electron chi connectivity index (χ2n) is 7.17. The maximum atomic E-state index is 13.1. The van der Waals surface area contributed by atoms with Crippen molar-refractivity contribution in [2.24, 2.45) is 11.8 Å². The number of fused-ring (bicyclic) bond motifs is 1. The summed E-state index contributed by atoms with van der Waals surface area (Å²) in [6.45, 7) is 6.80. The van der Waals surface area contributed by atoms with Crippen molar-refractivity contribution >= 4 is 18.3 Å². The smallest absolute Gasteiger partial charge is 0.293 e. The lowest BCUT2D eigenvalue weighted by Crippen LogP contribution is -2.34. The van der Waals surface area contributed by atoms with E-state index in [1.807, 2.05) is 36.9 Å². The summed E-state index contributed by atoms with van der Waals surface area (Å²) < 4.78 is 5.35. The van der Waals surface area contributed by atoms with Gasteiger partial charge in [-0.3, -0.25) is 4.79 Å². The number of carbonyl (C=O) groups is 1. The molecule has 0 aliphatic carbocycles. The number of amides is 1. The average Bonchev–Trinajstić information content (AvgIpc) is 3.30. The largest absolute Gasteiger partial charge is 0.351 e. The van der Waals surface area contributed by atoms with Gasteiger partial charge in [-0.15, -0.1) is 12.4 Å². The summed E-state index contributed by atoms with van der Waals surface area (Å²) in [7, 11) is 0. The molecule has 0 bridgehead atoms. The molecule has 1 aromatic heterocycles. The number of hydrogen-bond donors (Lipinski definition) is 1. The number of nitrogens with one attached hydrogen (secondary N) is 1. The Labute approximate surface area is 154 Å². The van der Waals surface area contributed by atoms with Crippen LogP contribution in [0, 0.1) is 11.8 Å². The van der Waals surface area contributed by atoms with Crippen molar-refractivity contribution in [3.8, 4) is 0 Å². The molecule has 2 fully saturated rings. The van der Waals surface area contributed by atoms with Crippen molar-refractivity contribution in [2.75, 3.05) is 19.6 Å². The highest BCUT2D eigenvalue weighted by Crippen LogP contribution is 2.43. The minimum absolute atomic E-state index is 0. The molecule has 5 nitrogen and oxygen atoms in total. The zero-order chi connectivity index (χ0) is 16.7. The van der Waals surface area contributed by atoms with E-state index >= 15 is 0 Å². The first kappa shape index (κ1) is 18.0. The SMILES string of the molecule is CC(C)c1cc(C(=O)N2C[C@@H]3CNC[C@@H]3[C@H]2c2ccccc2)on1.Cl. The van der Waals surface area contributed by atoms with E-state index in [9.17, 15) is 4.79 Å². The van der Waals surface area contributed by atoms with E-state index in [1.165, 1.54) is 5.56 Å². The number of halogens is 1. The Morgan fingerprint density at radius 1 is 1.28 bits per heavy atom. The molecule has 2 saturated heterocycles. The number of rotatable bonds is 3. The van der Waals surface area contributed by atoms with Crippen LogP contribution in [-0.4, -0.2) is 35.6 Å². The first-order valence-corrected chi connectivity index (χ1v) is 8.68. The summed E-state index contributed by atoms with van der Waals surface area (Å²) in [6.07, 6.45) is 0. The van der Waals surface area contributed by atoms with Crippen molar-refractivity contribution in [1.82, 2.24) is 15.4 Å². The third-order valence-electron chi connectivity index (χ3n) is 5.30. The van der Waals surface area contributed by atoms with Crippen molar-refractivity contribution in [2.45, 2.75) is 25.8 Å². The van der Waals surface area contributed by atoms with Gasteiger partial charge in [-0.25, -0.2) is 0 Å². The molecule has 2 aliphatic heterocycles. The van der Waals surface area contributed by atoms with Crippen LogP contribution in [0.15, 0.2) is 40.9 Å². The van der Waals surface area contributed by atoms with Crippen LogP contribution in [0.25, 0.3) is 0 Å². The predicted octanol–water partition coefficient (Wildman–Crippen LogP) is 3.25. The van der Waals surface area contributed by atoms with Gasteiger partial charge in [0.25, 0.3) is 5.91 Å². The Hall–Kier alpha value is -1.85. The van der Waals surface area contributed by atoms with Gasteiger partial charge in [0.2, 0.25) is 5.76 Å². The van der Waals surface area contributed by atoms with Crippen molar-refractivity contribution in [1.29, 1.82) is 0 Å². The molecular formula is C19H24ClN3O2. The lowest BCUT2D eigenvalue weighted by Gasteiger charge is -2.27. The molecule has 3 heterocycles. The summed E-state index contributed by atoms with van der Waals surface area (Å²) >= 11 is 0. The lowest BCUT2D eigenvalue weighted by atomic mass is 9.89. The molecule has 2 aromatic rings. The minimum Gasteiger partial charge on any atom is -0.351 e. The molecule has 0 spiro atoms. The van der Waals surface area contributed by atoms with E-state index in [0.29, 0.717) is 17.6 Å². The number of carbonyl (C=O) groups excluding carboxylic acids is 1. The quantitative estimate of drug-likeness (QED) is 0.911. The van der Waals surface area contributed by atoms with Gasteiger partial charge in [0.1, 0.15) is 0 Å². The van der Waals surface area contributed by atoms with Gasteiger partial charge in [-0.2, -0.15) is 0 Å². The second kappa shape index (κ2) is 7.18. The molecule has 134 valence electrons. The molecule has 4 rings (SSSR count). The van der Waals surface area contributed by atoms with Crippen molar-refractivity contribution in [3.05, 3.63) is 53.4 Å². The van der Waals surface area contributed by atoms with Crippen LogP contribution in [0.2, 0.25) is 0 Å². The maximum Gasteiger partial charge on any atom is 0.293 e. The zero-order valence-corrected chi connectivity index (χ0v) is 15.3. The fourth-order valence-electron chi connectivity index (χ4n) is 4.01. The van der Waals surface area contributed by atoms with Crippen LogP contribution >= 0.6 is 12.4 Å². The molecule has 25 heavy (non-hydrogen) atoms. The standard InChI is InChI=1S/C19H23N3O2.ClH/c1-12(2)16-8-17(24-21-16)19(23)22-11-14-9-20-10-15(14)18(22)13-6-4-3-5-7-13;/h3-8,12,14-15,18,20H,9-11H2,1-2H3;1H/t14-,15-,18+;/m0./s1. The highest BCUT2D eigenvalue weighted by atomic mass is 35.5. The molecule has 0 radical (unpaired) electrons. The Bertz CT molecular complexity index is 731. The zero-order valence-electron chi connectivity index (χ0n) is 14.5. The Morgan fingerprint density at radius 3 is 2.72 bits per heavy atom. The van der Waals surface area contributed by atoms with Gasteiger partial charge in [-0.1, -0.05) is 49.3 Å². The third kappa shape index (κ3) is 3.18. The van der Waals surface area contributed by atoms with Crippen LogP contribution in [0.1, 0.15) is 47.6 Å². The highest BCUT2D eigenvalue weighted by molar-refractivity contribution is 5.92. The first-order valence-electron chi connectivity index (χ1n) is 8.68. The van der Waals surface area contributed by atoms with Crippen molar-refractivity contribution in [3.63, 3.8) is 0 Å². The summed E-state index contributed by atoms with van der Waals surface area (Å²) in [5, 5.41) is 7.51. The van der Waals surface area contributed by atoms with E-state index in [0.717, 1.165) is 25.3 Å². The summed E-state index contributed by atoms with van der Waals surface area (Å²) in [4.78, 5) is 15.1. The first-order chi connectivity index (χ1) is 11.6. The number of likely N-dealkylation sites (tertiary alicyclic amines) is 1. The summed E-state index contributed by atoms with van der Waals surface area (Å²) in [5.41, 5.74) is 2.03. The van der Waals surface area contributed by atoms with Gasteiger partial charge in [-0.05, 0) is 17.4 Å². The van der Waals surface area contributed by atoms with Gasteiger partial charge in [0.05, 0.1) is 11.7 Å². The summed E-state index contributed by atoms with van der Waals surface area (Å²) in [6, 6.07) is 12.2. The predicted molar refractivity (Wildman–Crippen MR) is 97.9 cm³/mol. The number of nitrogens with zero attached hydrogens (tertiary/aromatic N) is 2. The van der Waals surface area contributed by atoms with Gasteiger partial charge in [0.15, 0.2) is 0 Å². The lowest BCUT2D eigenvalue weighted by molar-refractivity contribution is 0.0671. The van der Waals surface area contributed by atoms with Crippen LogP contribution in [0.5, 0.6) is 0 Å². The minimum atomic E-state index is -0.0438. The molecule has 3 atom stereocenters. The molecule has 6 heteroatoms. The molecular weight excluding hydrogens is 338 g/mol. The highest BCUT2D eigenvalue weighted by Gasteiger charge is 2.47. The fourth-order valence-corrected chi connectivity index (χ4v) is 4.01. The topological polar surface area (TPSA) is 58.4 Å². The molecule has 0 unspecified atom stereocenters. The number of aromatic nitrogens is 1. The van der Waals surface area contributed by atoms with Crippen LogP contribution in [0.3, 0.4) is 0 Å². The van der Waals surface area contributed by atoms with E-state index in [1.54, 1.807) is 6.07 Å². The Balaban J connectivity index is 0.00000182. The van der Waals surface area contributed by atoms with E-state index in [4.69, 9.17) is 4.52 Å². The molecule has 1 N–H and O–H groups in total. The molecule has 2 aliphatic rings. The van der Waals surface area contributed by atoms with Gasteiger partial charge in [0, 0.05) is 31.6 Å². The van der Waals surface area contributed by atoms with Gasteiger partial charge < -0.3 is 14.7 Å². The second-order valence-corrected chi connectivity index (χ2v) is 7.17. The van der Waals surface area contributed by atoms with Crippen LogP contribution in [-0.2, 0) is 0 Å². The third-order valence-corrected chi connectivity index (χ3v) is 5.30. The Kier molecular flexibility index (Phi) is 5.16. The monoisotopic (exact) mass is 361 g/mol. The fraction of sp³-hybridized carbons (Fsp3) is 0.474. The van der Waals surface area contributed by atoms with Crippen LogP contribution < -0.4 is 5.32 Å². The van der Waals surface area contributed by atoms with Crippen molar-refractivity contribution < 1.29 is 9.32 Å². The van der Waals surface area contributed by atoms with Gasteiger partial charge >= 0.3 is 0 Å². The normalized spacial score (nSPS) is 25.1. The number of hydrogen-bond acceptors (Lipinski definition) is 4.